The Morgan fingerprint density at radius 2 is 2.24 bits per heavy atom. The summed E-state index contributed by atoms with van der Waals surface area (Å²) in [6.07, 6.45) is 3.70. The van der Waals surface area contributed by atoms with Gasteiger partial charge >= 0.3 is 0 Å². The van der Waals surface area contributed by atoms with Crippen LogP contribution in [0.15, 0.2) is 16.9 Å². The van der Waals surface area contributed by atoms with Crippen LogP contribution in [-0.2, 0) is 18.3 Å². The molecule has 3 heterocycles. The molecule has 1 aliphatic rings. The van der Waals surface area contributed by atoms with Crippen molar-refractivity contribution in [2.75, 3.05) is 19.8 Å². The molecule has 7 nitrogen and oxygen atoms in total. The predicted octanol–water partition coefficient (Wildman–Crippen LogP) is 1.50. The maximum atomic E-state index is 5.80. The lowest BCUT2D eigenvalue weighted by Gasteiger charge is -2.33. The average Bonchev–Trinajstić information content (AvgIpc) is 3.10. The number of hydrogen-bond acceptors (Lipinski definition) is 6. The number of hydrogen-bond donors (Lipinski definition) is 0. The Balaban J connectivity index is 1.79. The number of imidazole rings is 1. The van der Waals surface area contributed by atoms with Gasteiger partial charge in [0.1, 0.15) is 6.04 Å². The fourth-order valence-corrected chi connectivity index (χ4v) is 2.41. The van der Waals surface area contributed by atoms with Gasteiger partial charge in [0.25, 0.3) is 0 Å². The molecule has 2 aromatic rings. The maximum Gasteiger partial charge on any atom is 0.236 e. The molecule has 2 aromatic heterocycles. The summed E-state index contributed by atoms with van der Waals surface area (Å²) in [5.74, 6) is 1.55. The number of rotatable bonds is 4. The molecule has 0 aromatic carbocycles. The maximum absolute atomic E-state index is 5.80. The lowest BCUT2D eigenvalue weighted by atomic mass is 10.2. The van der Waals surface area contributed by atoms with Crippen LogP contribution in [0.25, 0.3) is 0 Å². The molecule has 1 saturated heterocycles. The van der Waals surface area contributed by atoms with Crippen LogP contribution < -0.4 is 0 Å². The SMILES string of the molecule is CC(C)c1nnc(C2COCCN2Cc2cncn2C)o1. The van der Waals surface area contributed by atoms with E-state index in [1.807, 2.05) is 38.0 Å². The molecule has 0 amide bonds. The van der Waals surface area contributed by atoms with Crippen molar-refractivity contribution in [2.45, 2.75) is 32.4 Å². The van der Waals surface area contributed by atoms with Crippen molar-refractivity contribution in [1.29, 1.82) is 0 Å². The normalized spacial score (nSPS) is 20.3. The molecule has 0 spiro atoms. The number of morpholine rings is 1. The van der Waals surface area contributed by atoms with E-state index in [4.69, 9.17) is 9.15 Å². The second-order valence-corrected chi connectivity index (χ2v) is 5.69. The molecular formula is C14H21N5O2. The molecule has 7 heteroatoms. The fraction of sp³-hybridized carbons (Fsp3) is 0.643. The summed E-state index contributed by atoms with van der Waals surface area (Å²) in [5, 5.41) is 8.33. The predicted molar refractivity (Wildman–Crippen MR) is 75.6 cm³/mol. The Labute approximate surface area is 123 Å². The third kappa shape index (κ3) is 2.98. The van der Waals surface area contributed by atoms with Crippen LogP contribution in [0.2, 0.25) is 0 Å². The van der Waals surface area contributed by atoms with Gasteiger partial charge in [-0.25, -0.2) is 4.98 Å². The summed E-state index contributed by atoms with van der Waals surface area (Å²) in [7, 11) is 2.00. The highest BCUT2D eigenvalue weighted by molar-refractivity contribution is 5.01. The highest BCUT2D eigenvalue weighted by atomic mass is 16.5. The quantitative estimate of drug-likeness (QED) is 0.850. The zero-order valence-electron chi connectivity index (χ0n) is 12.7. The van der Waals surface area contributed by atoms with E-state index in [9.17, 15) is 0 Å². The van der Waals surface area contributed by atoms with Crippen LogP contribution in [0.1, 0.15) is 43.3 Å². The first kappa shape index (κ1) is 14.2. The van der Waals surface area contributed by atoms with Crippen molar-refractivity contribution >= 4 is 0 Å². The van der Waals surface area contributed by atoms with E-state index in [1.165, 1.54) is 0 Å². The van der Waals surface area contributed by atoms with Gasteiger partial charge in [-0.2, -0.15) is 0 Å². The minimum Gasteiger partial charge on any atom is -0.423 e. The number of ether oxygens (including phenoxy) is 1. The van der Waals surface area contributed by atoms with E-state index in [1.54, 1.807) is 0 Å². The van der Waals surface area contributed by atoms with E-state index in [-0.39, 0.29) is 12.0 Å². The van der Waals surface area contributed by atoms with Gasteiger partial charge in [0.05, 0.1) is 25.2 Å². The first-order valence-corrected chi connectivity index (χ1v) is 7.25. The molecular weight excluding hydrogens is 270 g/mol. The van der Waals surface area contributed by atoms with E-state index >= 15 is 0 Å². The van der Waals surface area contributed by atoms with Gasteiger partial charge in [0.15, 0.2) is 0 Å². The summed E-state index contributed by atoms with van der Waals surface area (Å²) in [6.45, 7) is 7.03. The average molecular weight is 291 g/mol. The molecule has 0 bridgehead atoms. The van der Waals surface area contributed by atoms with Crippen molar-refractivity contribution in [1.82, 2.24) is 24.6 Å². The van der Waals surface area contributed by atoms with Gasteiger partial charge in [-0.3, -0.25) is 4.90 Å². The summed E-state index contributed by atoms with van der Waals surface area (Å²) in [6, 6.07) is 0.00801. The second-order valence-electron chi connectivity index (χ2n) is 5.69. The molecule has 1 unspecified atom stereocenters. The molecule has 1 atom stereocenters. The lowest BCUT2D eigenvalue weighted by Crippen LogP contribution is -2.39. The molecule has 1 aliphatic heterocycles. The number of aromatic nitrogens is 4. The van der Waals surface area contributed by atoms with Gasteiger partial charge < -0.3 is 13.7 Å². The Bertz CT molecular complexity index is 592. The molecule has 21 heavy (non-hydrogen) atoms. The van der Waals surface area contributed by atoms with Gasteiger partial charge in [-0.05, 0) is 0 Å². The zero-order valence-corrected chi connectivity index (χ0v) is 12.7. The van der Waals surface area contributed by atoms with E-state index in [0.29, 0.717) is 18.4 Å². The van der Waals surface area contributed by atoms with Crippen LogP contribution in [0, 0.1) is 0 Å². The molecule has 0 N–H and O–H groups in total. The summed E-state index contributed by atoms with van der Waals surface area (Å²) >= 11 is 0. The minimum atomic E-state index is 0.00801. The Morgan fingerprint density at radius 1 is 1.38 bits per heavy atom. The molecule has 1 fully saturated rings. The van der Waals surface area contributed by atoms with Crippen LogP contribution >= 0.6 is 0 Å². The first-order chi connectivity index (χ1) is 10.1. The first-order valence-electron chi connectivity index (χ1n) is 7.25. The van der Waals surface area contributed by atoms with Gasteiger partial charge in [0.2, 0.25) is 11.8 Å². The van der Waals surface area contributed by atoms with Crippen LogP contribution in [-0.4, -0.2) is 44.4 Å². The van der Waals surface area contributed by atoms with Crippen molar-refractivity contribution in [3.05, 3.63) is 30.0 Å². The van der Waals surface area contributed by atoms with Crippen molar-refractivity contribution in [2.24, 2.45) is 7.05 Å². The van der Waals surface area contributed by atoms with Crippen molar-refractivity contribution in [3.8, 4) is 0 Å². The summed E-state index contributed by atoms with van der Waals surface area (Å²) in [5.41, 5.74) is 1.16. The van der Waals surface area contributed by atoms with Crippen LogP contribution in [0.5, 0.6) is 0 Å². The standard InChI is InChI=1S/C14H21N5O2/c1-10(2)13-16-17-14(21-13)12-8-20-5-4-19(12)7-11-6-15-9-18(11)3/h6,9-10,12H,4-5,7-8H2,1-3H3. The third-order valence-electron chi connectivity index (χ3n) is 3.76. The Hall–Kier alpha value is -1.73. The van der Waals surface area contributed by atoms with Crippen molar-refractivity contribution in [3.63, 3.8) is 0 Å². The Morgan fingerprint density at radius 3 is 2.90 bits per heavy atom. The van der Waals surface area contributed by atoms with E-state index in [0.717, 1.165) is 25.4 Å². The van der Waals surface area contributed by atoms with Gasteiger partial charge in [0, 0.05) is 32.3 Å². The van der Waals surface area contributed by atoms with Crippen molar-refractivity contribution < 1.29 is 9.15 Å². The lowest BCUT2D eigenvalue weighted by molar-refractivity contribution is -0.0235. The molecule has 0 radical (unpaired) electrons. The van der Waals surface area contributed by atoms with Gasteiger partial charge in [-0.1, -0.05) is 13.8 Å². The summed E-state index contributed by atoms with van der Waals surface area (Å²) < 4.78 is 13.4. The molecule has 3 rings (SSSR count). The number of nitrogens with zero attached hydrogens (tertiary/aromatic N) is 5. The zero-order chi connectivity index (χ0) is 14.8. The largest absolute Gasteiger partial charge is 0.423 e. The molecule has 0 saturated carbocycles. The van der Waals surface area contributed by atoms with Crippen LogP contribution in [0.4, 0.5) is 0 Å². The monoisotopic (exact) mass is 291 g/mol. The third-order valence-corrected chi connectivity index (χ3v) is 3.76. The number of aryl methyl sites for hydroxylation is 1. The highest BCUT2D eigenvalue weighted by Gasteiger charge is 2.30. The Kier molecular flexibility index (Phi) is 4.03. The fourth-order valence-electron chi connectivity index (χ4n) is 2.41. The van der Waals surface area contributed by atoms with E-state index < -0.39 is 0 Å². The highest BCUT2D eigenvalue weighted by Crippen LogP contribution is 2.26. The topological polar surface area (TPSA) is 69.2 Å². The van der Waals surface area contributed by atoms with Crippen LogP contribution in [0.3, 0.4) is 0 Å². The van der Waals surface area contributed by atoms with E-state index in [2.05, 4.69) is 20.1 Å². The second kappa shape index (κ2) is 5.95. The smallest absolute Gasteiger partial charge is 0.236 e. The minimum absolute atomic E-state index is 0.00801. The molecule has 0 aliphatic carbocycles. The summed E-state index contributed by atoms with van der Waals surface area (Å²) in [4.78, 5) is 6.47. The van der Waals surface area contributed by atoms with Gasteiger partial charge in [-0.15, -0.1) is 10.2 Å². The molecule has 114 valence electrons.